The SMILES string of the molecule is OC1(CCc2ccc(F)cc2)CC2CCC(C1)N2. The molecule has 2 nitrogen and oxygen atoms in total. The number of benzene rings is 1. The van der Waals surface area contributed by atoms with Gasteiger partial charge in [-0.25, -0.2) is 4.39 Å². The Labute approximate surface area is 107 Å². The average Bonchev–Trinajstić information content (AvgIpc) is 2.69. The van der Waals surface area contributed by atoms with Crippen molar-refractivity contribution in [2.45, 2.75) is 56.2 Å². The summed E-state index contributed by atoms with van der Waals surface area (Å²) in [4.78, 5) is 0. The number of piperidine rings is 1. The number of halogens is 1. The molecule has 2 N–H and O–H groups in total. The zero-order chi connectivity index (χ0) is 12.6. The van der Waals surface area contributed by atoms with Gasteiger partial charge in [0.25, 0.3) is 0 Å². The lowest BCUT2D eigenvalue weighted by Crippen LogP contribution is -2.48. The summed E-state index contributed by atoms with van der Waals surface area (Å²) in [5, 5.41) is 14.2. The maximum atomic E-state index is 12.8. The molecule has 2 atom stereocenters. The van der Waals surface area contributed by atoms with Crippen LogP contribution in [0.25, 0.3) is 0 Å². The van der Waals surface area contributed by atoms with Crippen molar-refractivity contribution in [1.82, 2.24) is 5.32 Å². The quantitative estimate of drug-likeness (QED) is 0.862. The molecule has 2 bridgehead atoms. The minimum Gasteiger partial charge on any atom is -0.390 e. The number of aliphatic hydroxyl groups is 1. The van der Waals surface area contributed by atoms with E-state index in [1.807, 2.05) is 12.1 Å². The van der Waals surface area contributed by atoms with Crippen molar-refractivity contribution in [1.29, 1.82) is 0 Å². The maximum absolute atomic E-state index is 12.8. The smallest absolute Gasteiger partial charge is 0.123 e. The van der Waals surface area contributed by atoms with Crippen LogP contribution in [-0.2, 0) is 6.42 Å². The highest BCUT2D eigenvalue weighted by Gasteiger charge is 2.41. The molecule has 2 heterocycles. The highest BCUT2D eigenvalue weighted by molar-refractivity contribution is 5.16. The molecule has 0 saturated carbocycles. The molecule has 0 aliphatic carbocycles. The fourth-order valence-electron chi connectivity index (χ4n) is 3.46. The van der Waals surface area contributed by atoms with Crippen LogP contribution in [0.15, 0.2) is 24.3 Å². The molecule has 0 spiro atoms. The van der Waals surface area contributed by atoms with E-state index in [0.717, 1.165) is 31.2 Å². The third kappa shape index (κ3) is 2.57. The van der Waals surface area contributed by atoms with E-state index in [4.69, 9.17) is 0 Å². The fourth-order valence-corrected chi connectivity index (χ4v) is 3.46. The third-order valence-electron chi connectivity index (χ3n) is 4.38. The highest BCUT2D eigenvalue weighted by atomic mass is 19.1. The van der Waals surface area contributed by atoms with Gasteiger partial charge in [-0.2, -0.15) is 0 Å². The molecule has 2 aliphatic rings. The van der Waals surface area contributed by atoms with Crippen LogP contribution < -0.4 is 5.32 Å². The first-order valence-corrected chi connectivity index (χ1v) is 6.86. The van der Waals surface area contributed by atoms with E-state index in [2.05, 4.69) is 5.32 Å². The molecule has 1 aromatic rings. The first-order valence-electron chi connectivity index (χ1n) is 6.86. The monoisotopic (exact) mass is 249 g/mol. The van der Waals surface area contributed by atoms with Crippen LogP contribution in [0.2, 0.25) is 0 Å². The molecular weight excluding hydrogens is 229 g/mol. The van der Waals surface area contributed by atoms with Crippen LogP contribution in [0.3, 0.4) is 0 Å². The number of hydrogen-bond donors (Lipinski definition) is 2. The van der Waals surface area contributed by atoms with E-state index in [1.165, 1.54) is 25.0 Å². The van der Waals surface area contributed by atoms with Crippen molar-refractivity contribution >= 4 is 0 Å². The average molecular weight is 249 g/mol. The number of rotatable bonds is 3. The Morgan fingerprint density at radius 2 is 1.78 bits per heavy atom. The predicted octanol–water partition coefficient (Wildman–Crippen LogP) is 2.40. The lowest BCUT2D eigenvalue weighted by molar-refractivity contribution is -0.0136. The molecule has 2 fully saturated rings. The Hall–Kier alpha value is -0.930. The molecular formula is C15H20FNO. The summed E-state index contributed by atoms with van der Waals surface area (Å²) in [5.41, 5.74) is 0.585. The minimum absolute atomic E-state index is 0.197. The van der Waals surface area contributed by atoms with Crippen LogP contribution in [0.5, 0.6) is 0 Å². The number of aryl methyl sites for hydroxylation is 1. The van der Waals surface area contributed by atoms with Crippen LogP contribution >= 0.6 is 0 Å². The lowest BCUT2D eigenvalue weighted by Gasteiger charge is -2.37. The Morgan fingerprint density at radius 1 is 1.17 bits per heavy atom. The molecule has 0 amide bonds. The molecule has 98 valence electrons. The van der Waals surface area contributed by atoms with Crippen molar-refractivity contribution in [3.63, 3.8) is 0 Å². The molecule has 3 rings (SSSR count). The van der Waals surface area contributed by atoms with Gasteiger partial charge in [-0.15, -0.1) is 0 Å². The summed E-state index contributed by atoms with van der Waals surface area (Å²) in [6, 6.07) is 7.61. The van der Waals surface area contributed by atoms with Crippen molar-refractivity contribution in [3.05, 3.63) is 35.6 Å². The van der Waals surface area contributed by atoms with E-state index in [9.17, 15) is 9.50 Å². The van der Waals surface area contributed by atoms with E-state index >= 15 is 0 Å². The summed E-state index contributed by atoms with van der Waals surface area (Å²) < 4.78 is 12.8. The van der Waals surface area contributed by atoms with Gasteiger partial charge in [-0.3, -0.25) is 0 Å². The Bertz CT molecular complexity index is 405. The van der Waals surface area contributed by atoms with Gasteiger partial charge in [-0.05, 0) is 56.2 Å². The third-order valence-corrected chi connectivity index (χ3v) is 4.38. The fraction of sp³-hybridized carbons (Fsp3) is 0.600. The largest absolute Gasteiger partial charge is 0.390 e. The van der Waals surface area contributed by atoms with Gasteiger partial charge in [0.1, 0.15) is 5.82 Å². The standard InChI is InChI=1S/C15H20FNO/c16-12-3-1-11(2-4-12)7-8-15(18)9-13-5-6-14(10-15)17-13/h1-4,13-14,17-18H,5-10H2. The van der Waals surface area contributed by atoms with E-state index in [1.54, 1.807) is 0 Å². The molecule has 2 saturated heterocycles. The van der Waals surface area contributed by atoms with Gasteiger partial charge in [-0.1, -0.05) is 12.1 Å². The molecule has 0 aromatic heterocycles. The topological polar surface area (TPSA) is 32.3 Å². The van der Waals surface area contributed by atoms with Crippen molar-refractivity contribution in [2.75, 3.05) is 0 Å². The van der Waals surface area contributed by atoms with Crippen LogP contribution in [0.4, 0.5) is 4.39 Å². The second-order valence-electron chi connectivity index (χ2n) is 5.90. The summed E-state index contributed by atoms with van der Waals surface area (Å²) in [7, 11) is 0. The van der Waals surface area contributed by atoms with E-state index < -0.39 is 5.60 Å². The Balaban J connectivity index is 1.60. The first-order chi connectivity index (χ1) is 8.63. The van der Waals surface area contributed by atoms with Crippen molar-refractivity contribution in [2.24, 2.45) is 0 Å². The summed E-state index contributed by atoms with van der Waals surface area (Å²) in [5.74, 6) is -0.197. The first kappa shape index (κ1) is 12.1. The minimum atomic E-state index is -0.522. The Morgan fingerprint density at radius 3 is 2.39 bits per heavy atom. The van der Waals surface area contributed by atoms with Gasteiger partial charge in [0.15, 0.2) is 0 Å². The number of nitrogens with one attached hydrogen (secondary N) is 1. The summed E-state index contributed by atoms with van der Waals surface area (Å²) in [6.45, 7) is 0. The second kappa shape index (κ2) is 4.63. The van der Waals surface area contributed by atoms with Gasteiger partial charge in [0.2, 0.25) is 0 Å². The van der Waals surface area contributed by atoms with Gasteiger partial charge in [0.05, 0.1) is 5.60 Å². The van der Waals surface area contributed by atoms with Gasteiger partial charge < -0.3 is 10.4 Å². The molecule has 2 aliphatic heterocycles. The predicted molar refractivity (Wildman–Crippen MR) is 68.9 cm³/mol. The van der Waals surface area contributed by atoms with E-state index in [-0.39, 0.29) is 5.82 Å². The van der Waals surface area contributed by atoms with Crippen LogP contribution in [-0.4, -0.2) is 22.8 Å². The van der Waals surface area contributed by atoms with Gasteiger partial charge in [0, 0.05) is 12.1 Å². The number of fused-ring (bicyclic) bond motifs is 2. The van der Waals surface area contributed by atoms with Gasteiger partial charge >= 0.3 is 0 Å². The van der Waals surface area contributed by atoms with Crippen molar-refractivity contribution in [3.8, 4) is 0 Å². The number of hydrogen-bond acceptors (Lipinski definition) is 2. The van der Waals surface area contributed by atoms with Crippen LogP contribution in [0, 0.1) is 5.82 Å². The summed E-state index contributed by atoms with van der Waals surface area (Å²) in [6.07, 6.45) is 5.74. The van der Waals surface area contributed by atoms with Crippen molar-refractivity contribution < 1.29 is 9.50 Å². The van der Waals surface area contributed by atoms with Crippen LogP contribution in [0.1, 0.15) is 37.7 Å². The normalized spacial score (nSPS) is 34.8. The second-order valence-corrected chi connectivity index (χ2v) is 5.90. The zero-order valence-corrected chi connectivity index (χ0v) is 10.5. The molecule has 2 unspecified atom stereocenters. The Kier molecular flexibility index (Phi) is 3.12. The molecule has 3 heteroatoms. The molecule has 18 heavy (non-hydrogen) atoms. The van der Waals surface area contributed by atoms with E-state index in [0.29, 0.717) is 12.1 Å². The highest BCUT2D eigenvalue weighted by Crippen LogP contribution is 2.36. The maximum Gasteiger partial charge on any atom is 0.123 e. The molecule has 1 aromatic carbocycles. The zero-order valence-electron chi connectivity index (χ0n) is 10.5. The summed E-state index contributed by atoms with van der Waals surface area (Å²) >= 11 is 0. The molecule has 0 radical (unpaired) electrons. The lowest BCUT2D eigenvalue weighted by atomic mass is 9.83.